The molecule has 2 heteroatoms. The van der Waals surface area contributed by atoms with Gasteiger partial charge in [0.25, 0.3) is 0 Å². The summed E-state index contributed by atoms with van der Waals surface area (Å²) in [7, 11) is 0. The average Bonchev–Trinajstić information content (AvgIpc) is 2.69. The summed E-state index contributed by atoms with van der Waals surface area (Å²) in [6, 6.07) is 8.83. The van der Waals surface area contributed by atoms with Crippen LogP contribution in [0.15, 0.2) is 42.7 Å². The van der Waals surface area contributed by atoms with Crippen molar-refractivity contribution in [1.29, 1.82) is 0 Å². The molecule has 15 heavy (non-hydrogen) atoms. The normalized spacial score (nSPS) is 10.9. The molecule has 1 nitrogen and oxygen atoms in total. The molecule has 78 valence electrons. The van der Waals surface area contributed by atoms with Gasteiger partial charge in [0.2, 0.25) is 0 Å². The van der Waals surface area contributed by atoms with Gasteiger partial charge in [-0.3, -0.25) is 0 Å². The van der Waals surface area contributed by atoms with Gasteiger partial charge in [-0.1, -0.05) is 19.9 Å². The highest BCUT2D eigenvalue weighted by molar-refractivity contribution is 5.43. The second-order valence-corrected chi connectivity index (χ2v) is 3.95. The van der Waals surface area contributed by atoms with Gasteiger partial charge in [0.15, 0.2) is 0 Å². The smallest absolute Gasteiger partial charge is 0.125 e. The molecule has 0 bridgehead atoms. The van der Waals surface area contributed by atoms with Crippen LogP contribution >= 0.6 is 0 Å². The van der Waals surface area contributed by atoms with Gasteiger partial charge in [-0.15, -0.1) is 0 Å². The zero-order valence-corrected chi connectivity index (χ0v) is 8.94. The van der Waals surface area contributed by atoms with E-state index in [-0.39, 0.29) is 5.82 Å². The third-order valence-electron chi connectivity index (χ3n) is 2.50. The van der Waals surface area contributed by atoms with E-state index in [1.165, 1.54) is 6.07 Å². The van der Waals surface area contributed by atoms with Crippen LogP contribution in [-0.4, -0.2) is 4.57 Å². The molecule has 0 N–H and O–H groups in total. The maximum Gasteiger partial charge on any atom is 0.125 e. The van der Waals surface area contributed by atoms with Crippen LogP contribution in [0.4, 0.5) is 4.39 Å². The molecule has 0 saturated carbocycles. The van der Waals surface area contributed by atoms with Crippen molar-refractivity contribution >= 4 is 0 Å². The first-order valence-corrected chi connectivity index (χ1v) is 5.11. The molecule has 0 saturated heterocycles. The summed E-state index contributed by atoms with van der Waals surface area (Å²) in [5.41, 5.74) is 2.09. The first-order valence-electron chi connectivity index (χ1n) is 5.11. The third kappa shape index (κ3) is 1.94. The van der Waals surface area contributed by atoms with Crippen LogP contribution in [0.2, 0.25) is 0 Å². The Bertz CT molecular complexity index is 444. The minimum atomic E-state index is -0.192. The Balaban J connectivity index is 2.58. The summed E-state index contributed by atoms with van der Waals surface area (Å²) in [4.78, 5) is 0. The van der Waals surface area contributed by atoms with E-state index in [0.29, 0.717) is 5.92 Å². The first-order chi connectivity index (χ1) is 7.18. The van der Waals surface area contributed by atoms with Crippen LogP contribution in [0.25, 0.3) is 5.69 Å². The fourth-order valence-electron chi connectivity index (χ4n) is 1.72. The molecular weight excluding hydrogens is 189 g/mol. The molecule has 1 aromatic heterocycles. The lowest BCUT2D eigenvalue weighted by atomic mass is 10.0. The van der Waals surface area contributed by atoms with Crippen LogP contribution in [0, 0.1) is 5.82 Å². The largest absolute Gasteiger partial charge is 0.323 e. The Labute approximate surface area is 89.2 Å². The van der Waals surface area contributed by atoms with Crippen molar-refractivity contribution in [3.05, 3.63) is 54.1 Å². The highest BCUT2D eigenvalue weighted by atomic mass is 19.1. The molecular formula is C13H14FN. The zero-order valence-electron chi connectivity index (χ0n) is 8.94. The predicted octanol–water partition coefficient (Wildman–Crippen LogP) is 3.74. The second kappa shape index (κ2) is 3.89. The summed E-state index contributed by atoms with van der Waals surface area (Å²) in [6.07, 6.45) is 3.86. The maximum atomic E-state index is 13.2. The molecule has 0 fully saturated rings. The van der Waals surface area contributed by atoms with Crippen LogP contribution in [0.1, 0.15) is 25.3 Å². The van der Waals surface area contributed by atoms with E-state index in [9.17, 15) is 4.39 Å². The minimum absolute atomic E-state index is 0.192. The number of halogens is 1. The van der Waals surface area contributed by atoms with Crippen molar-refractivity contribution < 1.29 is 4.39 Å². The van der Waals surface area contributed by atoms with Gasteiger partial charge >= 0.3 is 0 Å². The van der Waals surface area contributed by atoms with E-state index in [1.807, 2.05) is 35.2 Å². The van der Waals surface area contributed by atoms with Crippen molar-refractivity contribution in [1.82, 2.24) is 4.57 Å². The molecule has 0 radical (unpaired) electrons. The number of nitrogens with zero attached hydrogens (tertiary/aromatic N) is 1. The minimum Gasteiger partial charge on any atom is -0.323 e. The molecule has 0 spiro atoms. The fraction of sp³-hybridized carbons (Fsp3) is 0.231. The highest BCUT2D eigenvalue weighted by Gasteiger charge is 2.08. The lowest BCUT2D eigenvalue weighted by molar-refractivity contribution is 0.624. The van der Waals surface area contributed by atoms with Crippen molar-refractivity contribution in [3.63, 3.8) is 0 Å². The van der Waals surface area contributed by atoms with E-state index in [4.69, 9.17) is 0 Å². The Morgan fingerprint density at radius 1 is 1.13 bits per heavy atom. The van der Waals surface area contributed by atoms with Crippen LogP contribution in [-0.2, 0) is 0 Å². The second-order valence-electron chi connectivity index (χ2n) is 3.95. The molecule has 1 aromatic carbocycles. The summed E-state index contributed by atoms with van der Waals surface area (Å²) >= 11 is 0. The van der Waals surface area contributed by atoms with Gasteiger partial charge in [0.1, 0.15) is 5.82 Å². The molecule has 0 unspecified atom stereocenters. The van der Waals surface area contributed by atoms with Crippen molar-refractivity contribution in [2.24, 2.45) is 0 Å². The van der Waals surface area contributed by atoms with Gasteiger partial charge in [-0.05, 0) is 35.7 Å². The zero-order chi connectivity index (χ0) is 10.8. The van der Waals surface area contributed by atoms with E-state index in [0.717, 1.165) is 11.3 Å². The molecule has 2 aromatic rings. The summed E-state index contributed by atoms with van der Waals surface area (Å²) in [5.74, 6) is 0.200. The van der Waals surface area contributed by atoms with Crippen molar-refractivity contribution in [2.75, 3.05) is 0 Å². The maximum absolute atomic E-state index is 13.2. The number of benzene rings is 1. The Hall–Kier alpha value is -1.57. The van der Waals surface area contributed by atoms with Crippen molar-refractivity contribution in [3.8, 4) is 5.69 Å². The van der Waals surface area contributed by atoms with E-state index in [2.05, 4.69) is 13.8 Å². The molecule has 0 aliphatic heterocycles. The van der Waals surface area contributed by atoms with E-state index < -0.39 is 0 Å². The van der Waals surface area contributed by atoms with Gasteiger partial charge < -0.3 is 4.57 Å². The van der Waals surface area contributed by atoms with Gasteiger partial charge in [-0.2, -0.15) is 0 Å². The van der Waals surface area contributed by atoms with E-state index in [1.54, 1.807) is 6.07 Å². The quantitative estimate of drug-likeness (QED) is 0.700. The Kier molecular flexibility index (Phi) is 2.58. The highest BCUT2D eigenvalue weighted by Crippen LogP contribution is 2.23. The van der Waals surface area contributed by atoms with Crippen LogP contribution in [0.3, 0.4) is 0 Å². The van der Waals surface area contributed by atoms with Crippen LogP contribution in [0.5, 0.6) is 0 Å². The molecule has 0 aliphatic rings. The SMILES string of the molecule is CC(C)c1ccc(F)cc1-n1cccc1. The lowest BCUT2D eigenvalue weighted by Gasteiger charge is -2.13. The average molecular weight is 203 g/mol. The number of aromatic nitrogens is 1. The Morgan fingerprint density at radius 2 is 1.80 bits per heavy atom. The molecule has 0 amide bonds. The van der Waals surface area contributed by atoms with Gasteiger partial charge in [-0.25, -0.2) is 4.39 Å². The molecule has 0 atom stereocenters. The van der Waals surface area contributed by atoms with Crippen molar-refractivity contribution in [2.45, 2.75) is 19.8 Å². The fourth-order valence-corrected chi connectivity index (χ4v) is 1.72. The van der Waals surface area contributed by atoms with E-state index >= 15 is 0 Å². The molecule has 0 aliphatic carbocycles. The standard InChI is InChI=1S/C13H14FN/c1-10(2)12-6-5-11(14)9-13(12)15-7-3-4-8-15/h3-10H,1-2H3. The predicted molar refractivity (Wildman–Crippen MR) is 59.8 cm³/mol. The Morgan fingerprint density at radius 3 is 2.40 bits per heavy atom. The molecule has 2 rings (SSSR count). The third-order valence-corrected chi connectivity index (χ3v) is 2.50. The lowest BCUT2D eigenvalue weighted by Crippen LogP contribution is -1.99. The number of rotatable bonds is 2. The number of hydrogen-bond acceptors (Lipinski definition) is 0. The summed E-state index contributed by atoms with van der Waals surface area (Å²) in [5, 5.41) is 0. The topological polar surface area (TPSA) is 4.93 Å². The number of hydrogen-bond donors (Lipinski definition) is 0. The van der Waals surface area contributed by atoms with Crippen LogP contribution < -0.4 is 0 Å². The summed E-state index contributed by atoms with van der Waals surface area (Å²) in [6.45, 7) is 4.22. The molecule has 1 heterocycles. The summed E-state index contributed by atoms with van der Waals surface area (Å²) < 4.78 is 15.1. The van der Waals surface area contributed by atoms with Gasteiger partial charge in [0.05, 0.1) is 5.69 Å². The first kappa shape index (κ1) is 9.97. The van der Waals surface area contributed by atoms with Gasteiger partial charge in [0, 0.05) is 12.4 Å². The monoisotopic (exact) mass is 203 g/mol.